The van der Waals surface area contributed by atoms with Crippen LogP contribution in [0.3, 0.4) is 0 Å². The van der Waals surface area contributed by atoms with E-state index < -0.39 is 31.6 Å². The van der Waals surface area contributed by atoms with Gasteiger partial charge in [-0.05, 0) is 24.3 Å². The molecule has 0 aliphatic heterocycles. The highest BCUT2D eigenvalue weighted by molar-refractivity contribution is 7.79. The first-order valence-electron chi connectivity index (χ1n) is 5.52. The summed E-state index contributed by atoms with van der Waals surface area (Å²) in [5, 5.41) is 2.50. The van der Waals surface area contributed by atoms with Crippen LogP contribution < -0.4 is 21.2 Å². The third-order valence-electron chi connectivity index (χ3n) is 2.18. The fourth-order valence-corrected chi connectivity index (χ4v) is 5.49. The number of rotatable bonds is 2. The largest absolute Gasteiger partial charge is 0.726 e. The lowest BCUT2D eigenvalue weighted by molar-refractivity contribution is -0.597. The van der Waals surface area contributed by atoms with Crippen molar-refractivity contribution in [3.63, 3.8) is 0 Å². The van der Waals surface area contributed by atoms with Crippen molar-refractivity contribution in [3.8, 4) is 0 Å². The standard InChI is InChI=1S/C12H4Cl6I.H2O4S/c13-5-1-3-7(11(17)9(5)15)19-8-4-2-6(14)10(16)12(8)18;1-5(2,3)4/h1-4H;(H2,1,2,3,4)/q+1;/p-1. The van der Waals surface area contributed by atoms with Gasteiger partial charge < -0.3 is 4.55 Å². The molecular weight excluding hydrogens is 580 g/mol. The van der Waals surface area contributed by atoms with Gasteiger partial charge in [-0.3, -0.25) is 4.55 Å². The quantitative estimate of drug-likeness (QED) is 0.194. The van der Waals surface area contributed by atoms with Crippen LogP contribution in [0, 0.1) is 7.14 Å². The fourth-order valence-electron chi connectivity index (χ4n) is 1.26. The van der Waals surface area contributed by atoms with Gasteiger partial charge in [-0.2, -0.15) is 0 Å². The van der Waals surface area contributed by atoms with Gasteiger partial charge in [0, 0.05) is 0 Å². The molecule has 0 heterocycles. The third kappa shape index (κ3) is 7.19. The Hall–Kier alpha value is 0.780. The van der Waals surface area contributed by atoms with Gasteiger partial charge in [0.1, 0.15) is 10.0 Å². The van der Waals surface area contributed by atoms with E-state index in [1.54, 1.807) is 12.1 Å². The second kappa shape index (κ2) is 9.64. The molecule has 0 amide bonds. The average Bonchev–Trinajstić information content (AvgIpc) is 2.46. The zero-order chi connectivity index (χ0) is 18.7. The molecule has 0 saturated heterocycles. The molecule has 0 aromatic heterocycles. The maximum Gasteiger partial charge on any atom is 0.361 e. The van der Waals surface area contributed by atoms with Gasteiger partial charge in [0.15, 0.2) is 0 Å². The van der Waals surface area contributed by atoms with E-state index >= 15 is 0 Å². The van der Waals surface area contributed by atoms with Gasteiger partial charge in [0.2, 0.25) is 17.5 Å². The Morgan fingerprint density at radius 2 is 1.04 bits per heavy atom. The molecule has 0 atom stereocenters. The second-order valence-corrected chi connectivity index (χ2v) is 9.88. The summed E-state index contributed by atoms with van der Waals surface area (Å²) in [5.74, 6) is 0. The maximum absolute atomic E-state index is 8.63. The van der Waals surface area contributed by atoms with Crippen LogP contribution in [-0.4, -0.2) is 17.5 Å². The first-order chi connectivity index (χ1) is 10.9. The van der Waals surface area contributed by atoms with E-state index in [1.165, 1.54) is 0 Å². The Labute approximate surface area is 178 Å². The van der Waals surface area contributed by atoms with Crippen LogP contribution in [0.15, 0.2) is 24.3 Å². The van der Waals surface area contributed by atoms with Gasteiger partial charge in [-0.1, -0.05) is 69.6 Å². The molecule has 0 spiro atoms. The minimum absolute atomic E-state index is 0.358. The highest BCUT2D eigenvalue weighted by atomic mass is 127. The van der Waals surface area contributed by atoms with E-state index in [1.807, 2.05) is 12.1 Å². The van der Waals surface area contributed by atoms with Crippen molar-refractivity contribution in [2.24, 2.45) is 0 Å². The first kappa shape index (κ1) is 22.8. The third-order valence-corrected chi connectivity index (χ3v) is 8.36. The number of hydrogen-bond acceptors (Lipinski definition) is 3. The van der Waals surface area contributed by atoms with E-state index in [0.717, 1.165) is 7.14 Å². The molecule has 0 aliphatic carbocycles. The van der Waals surface area contributed by atoms with E-state index in [4.69, 9.17) is 87.1 Å². The van der Waals surface area contributed by atoms with Crippen LogP contribution in [0.25, 0.3) is 0 Å². The summed E-state index contributed by atoms with van der Waals surface area (Å²) in [6, 6.07) is 7.14. The van der Waals surface area contributed by atoms with Crippen LogP contribution in [0.2, 0.25) is 30.1 Å². The van der Waals surface area contributed by atoms with Crippen LogP contribution in [0.1, 0.15) is 0 Å². The normalized spacial score (nSPS) is 11.0. The lowest BCUT2D eigenvalue weighted by Gasteiger charge is -2.00. The number of benzene rings is 2. The first-order valence-corrected chi connectivity index (χ1v) is 11.3. The van der Waals surface area contributed by atoms with Gasteiger partial charge in [0.05, 0.1) is 20.1 Å². The smallest absolute Gasteiger partial charge is 0.361 e. The minimum Gasteiger partial charge on any atom is -0.726 e. The highest BCUT2D eigenvalue weighted by Gasteiger charge is 2.26. The summed E-state index contributed by atoms with van der Waals surface area (Å²) in [7, 11) is -4.92. The van der Waals surface area contributed by atoms with Crippen molar-refractivity contribution in [2.45, 2.75) is 0 Å². The Balaban J connectivity index is 0.000000505. The molecule has 0 saturated carbocycles. The number of hydrogen-bond donors (Lipinski definition) is 1. The zero-order valence-corrected chi connectivity index (χ0v) is 18.5. The molecule has 2 rings (SSSR count). The van der Waals surface area contributed by atoms with Gasteiger partial charge >= 0.3 is 21.2 Å². The summed E-state index contributed by atoms with van der Waals surface area (Å²) >= 11 is 35.6. The molecule has 1 N–H and O–H groups in total. The van der Waals surface area contributed by atoms with Crippen molar-refractivity contribution in [1.29, 1.82) is 0 Å². The van der Waals surface area contributed by atoms with Crippen LogP contribution in [0.4, 0.5) is 0 Å². The van der Waals surface area contributed by atoms with E-state index in [2.05, 4.69) is 0 Å². The van der Waals surface area contributed by atoms with Gasteiger partial charge in [-0.15, -0.1) is 0 Å². The molecule has 24 heavy (non-hydrogen) atoms. The molecule has 0 radical (unpaired) electrons. The molecule has 2 aromatic rings. The predicted molar refractivity (Wildman–Crippen MR) is 92.7 cm³/mol. The average molecular weight is 585 g/mol. The Morgan fingerprint density at radius 3 is 1.33 bits per heavy atom. The lowest BCUT2D eigenvalue weighted by Crippen LogP contribution is -3.61. The predicted octanol–water partition coefficient (Wildman–Crippen LogP) is 2.74. The summed E-state index contributed by atoms with van der Waals surface area (Å²) < 4.78 is 34.7. The van der Waals surface area contributed by atoms with Crippen molar-refractivity contribution in [2.75, 3.05) is 0 Å². The van der Waals surface area contributed by atoms with Crippen molar-refractivity contribution >= 4 is 80.0 Å². The summed E-state index contributed by atoms with van der Waals surface area (Å²) in [6.45, 7) is 0. The highest BCUT2D eigenvalue weighted by Crippen LogP contribution is 2.30. The van der Waals surface area contributed by atoms with Gasteiger partial charge in [-0.25, -0.2) is 8.42 Å². The van der Waals surface area contributed by atoms with Crippen molar-refractivity contribution in [1.82, 2.24) is 0 Å². The molecule has 0 unspecified atom stereocenters. The molecule has 132 valence electrons. The van der Waals surface area contributed by atoms with Crippen LogP contribution >= 0.6 is 69.6 Å². The van der Waals surface area contributed by atoms with Gasteiger partial charge in [0.25, 0.3) is 0 Å². The molecule has 0 bridgehead atoms. The molecule has 12 heteroatoms. The van der Waals surface area contributed by atoms with E-state index in [0.29, 0.717) is 30.1 Å². The Bertz CT molecular complexity index is 796. The molecule has 0 fully saturated rings. The van der Waals surface area contributed by atoms with Crippen LogP contribution in [-0.2, 0) is 10.4 Å². The number of halogens is 7. The van der Waals surface area contributed by atoms with E-state index in [9.17, 15) is 0 Å². The second-order valence-electron chi connectivity index (χ2n) is 3.84. The summed E-state index contributed by atoms with van der Waals surface area (Å²) in [4.78, 5) is 0. The molecule has 4 nitrogen and oxygen atoms in total. The monoisotopic (exact) mass is 582 g/mol. The van der Waals surface area contributed by atoms with Crippen molar-refractivity contribution in [3.05, 3.63) is 61.5 Å². The molecule has 0 aliphatic rings. The maximum atomic E-state index is 8.63. The van der Waals surface area contributed by atoms with Crippen molar-refractivity contribution < 1.29 is 38.7 Å². The van der Waals surface area contributed by atoms with E-state index in [-0.39, 0.29) is 0 Å². The Morgan fingerprint density at radius 1 is 0.750 bits per heavy atom. The summed E-state index contributed by atoms with van der Waals surface area (Å²) in [5.41, 5.74) is 0. The molecule has 2 aromatic carbocycles. The summed E-state index contributed by atoms with van der Waals surface area (Å²) in [6.07, 6.45) is 0. The molecular formula is C12H5Cl6IO4S. The topological polar surface area (TPSA) is 77.4 Å². The minimum atomic E-state index is -4.92. The zero-order valence-electron chi connectivity index (χ0n) is 11.0. The SMILES string of the molecule is Clc1ccc([I+]c2ccc(Cl)c(Cl)c2Cl)c(Cl)c1Cl.O=S(=O)([O-])O. The lowest BCUT2D eigenvalue weighted by atomic mass is 10.4. The van der Waals surface area contributed by atoms with Crippen LogP contribution in [0.5, 0.6) is 0 Å². The Kier molecular flexibility index (Phi) is 9.17. The fraction of sp³-hybridized carbons (Fsp3) is 0.